The molecule has 0 fully saturated rings. The zero-order valence-electron chi connectivity index (χ0n) is 21.5. The highest BCUT2D eigenvalue weighted by molar-refractivity contribution is 7.99. The van der Waals surface area contributed by atoms with Crippen LogP contribution in [-0.4, -0.2) is 37.2 Å². The summed E-state index contributed by atoms with van der Waals surface area (Å²) >= 11 is 1.30. The minimum atomic E-state index is -0.242. The van der Waals surface area contributed by atoms with Crippen molar-refractivity contribution in [2.24, 2.45) is 5.10 Å². The van der Waals surface area contributed by atoms with Crippen LogP contribution in [0.25, 0.3) is 17.1 Å². The third-order valence-corrected chi connectivity index (χ3v) is 6.77. The van der Waals surface area contributed by atoms with E-state index in [1.54, 1.807) is 24.3 Å². The Morgan fingerprint density at radius 1 is 0.973 bits per heavy atom. The van der Waals surface area contributed by atoms with E-state index >= 15 is 0 Å². The maximum atomic E-state index is 12.6. The quantitative estimate of drug-likeness (QED) is 0.172. The Morgan fingerprint density at radius 2 is 1.65 bits per heavy atom. The SMILES string of the molecule is CC/C(=N/NC(=O)CSc1nnc(-c2ccc(C(C)(C)C)cc2)n1-c1ccccc1)c1ccc(O)cc1. The predicted molar refractivity (Wildman–Crippen MR) is 149 cm³/mol. The largest absolute Gasteiger partial charge is 0.508 e. The number of nitrogens with one attached hydrogen (secondary N) is 1. The summed E-state index contributed by atoms with van der Waals surface area (Å²) in [6.45, 7) is 8.52. The van der Waals surface area contributed by atoms with Gasteiger partial charge in [0, 0.05) is 11.3 Å². The van der Waals surface area contributed by atoms with E-state index in [2.05, 4.69) is 65.8 Å². The molecule has 4 rings (SSSR count). The average molecular weight is 514 g/mol. The predicted octanol–water partition coefficient (Wildman–Crippen LogP) is 5.96. The second kappa shape index (κ2) is 11.4. The number of carbonyl (C=O) groups is 1. The molecule has 1 amide bonds. The van der Waals surface area contributed by atoms with Gasteiger partial charge in [0.25, 0.3) is 5.91 Å². The Labute approximate surface area is 221 Å². The third kappa shape index (κ3) is 6.46. The lowest BCUT2D eigenvalue weighted by Gasteiger charge is -2.19. The van der Waals surface area contributed by atoms with Crippen LogP contribution in [0.5, 0.6) is 5.75 Å². The fraction of sp³-hybridized carbons (Fsp3) is 0.241. The Balaban J connectivity index is 1.54. The van der Waals surface area contributed by atoms with Crippen LogP contribution in [0.15, 0.2) is 89.1 Å². The summed E-state index contributed by atoms with van der Waals surface area (Å²) in [7, 11) is 0. The van der Waals surface area contributed by atoms with E-state index in [4.69, 9.17) is 0 Å². The minimum Gasteiger partial charge on any atom is -0.508 e. The van der Waals surface area contributed by atoms with E-state index in [0.717, 1.165) is 22.5 Å². The van der Waals surface area contributed by atoms with Gasteiger partial charge in [-0.05, 0) is 59.4 Å². The molecule has 0 saturated carbocycles. The van der Waals surface area contributed by atoms with Gasteiger partial charge in [-0.3, -0.25) is 9.36 Å². The van der Waals surface area contributed by atoms with E-state index < -0.39 is 0 Å². The molecule has 0 atom stereocenters. The van der Waals surface area contributed by atoms with E-state index in [-0.39, 0.29) is 22.8 Å². The van der Waals surface area contributed by atoms with Gasteiger partial charge in [0.2, 0.25) is 0 Å². The molecule has 1 aromatic heterocycles. The summed E-state index contributed by atoms with van der Waals surface area (Å²) in [5.41, 5.74) is 7.39. The van der Waals surface area contributed by atoms with Crippen molar-refractivity contribution in [2.45, 2.75) is 44.7 Å². The maximum Gasteiger partial charge on any atom is 0.250 e. The number of thioether (sulfide) groups is 1. The molecule has 3 aromatic carbocycles. The van der Waals surface area contributed by atoms with Crippen molar-refractivity contribution < 1.29 is 9.90 Å². The summed E-state index contributed by atoms with van der Waals surface area (Å²) in [5.74, 6) is 0.789. The lowest BCUT2D eigenvalue weighted by atomic mass is 9.87. The van der Waals surface area contributed by atoms with Crippen LogP contribution in [0.2, 0.25) is 0 Å². The highest BCUT2D eigenvalue weighted by Gasteiger charge is 2.19. The van der Waals surface area contributed by atoms with Crippen LogP contribution in [0, 0.1) is 0 Å². The van der Waals surface area contributed by atoms with E-state index in [1.807, 2.05) is 41.8 Å². The van der Waals surface area contributed by atoms with Gasteiger partial charge >= 0.3 is 0 Å². The second-order valence-electron chi connectivity index (χ2n) is 9.59. The van der Waals surface area contributed by atoms with Crippen molar-refractivity contribution in [3.63, 3.8) is 0 Å². The number of para-hydroxylation sites is 1. The highest BCUT2D eigenvalue weighted by Crippen LogP contribution is 2.30. The van der Waals surface area contributed by atoms with Gasteiger partial charge in [0.1, 0.15) is 5.75 Å². The number of aromatic nitrogens is 3. The number of hydrogen-bond donors (Lipinski definition) is 2. The summed E-state index contributed by atoms with van der Waals surface area (Å²) in [6.07, 6.45) is 0.637. The molecule has 0 aliphatic carbocycles. The molecule has 37 heavy (non-hydrogen) atoms. The number of aromatic hydroxyl groups is 1. The number of carbonyl (C=O) groups excluding carboxylic acids is 1. The Hall–Kier alpha value is -3.91. The third-order valence-electron chi connectivity index (χ3n) is 5.84. The van der Waals surface area contributed by atoms with Crippen LogP contribution in [0.4, 0.5) is 0 Å². The first kappa shape index (κ1) is 26.2. The number of hydrogen-bond acceptors (Lipinski definition) is 6. The second-order valence-corrected chi connectivity index (χ2v) is 10.5. The van der Waals surface area contributed by atoms with Gasteiger partial charge in [-0.1, -0.05) is 81.9 Å². The molecule has 0 aliphatic heterocycles. The lowest BCUT2D eigenvalue weighted by Crippen LogP contribution is -2.22. The smallest absolute Gasteiger partial charge is 0.250 e. The monoisotopic (exact) mass is 513 g/mol. The molecule has 0 radical (unpaired) electrons. The molecule has 190 valence electrons. The van der Waals surface area contributed by atoms with Crippen LogP contribution in [0.3, 0.4) is 0 Å². The fourth-order valence-electron chi connectivity index (χ4n) is 3.77. The van der Waals surface area contributed by atoms with Gasteiger partial charge in [0.05, 0.1) is 11.5 Å². The van der Waals surface area contributed by atoms with Crippen molar-refractivity contribution in [3.05, 3.63) is 90.0 Å². The van der Waals surface area contributed by atoms with Crippen LogP contribution in [0.1, 0.15) is 45.2 Å². The van der Waals surface area contributed by atoms with Gasteiger partial charge in [0.15, 0.2) is 11.0 Å². The summed E-state index contributed by atoms with van der Waals surface area (Å²) in [5, 5.41) is 23.3. The summed E-state index contributed by atoms with van der Waals surface area (Å²) in [6, 6.07) is 25.0. The molecule has 2 N–H and O–H groups in total. The molecule has 0 bridgehead atoms. The van der Waals surface area contributed by atoms with Crippen LogP contribution >= 0.6 is 11.8 Å². The number of amides is 1. The molecule has 8 heteroatoms. The fourth-order valence-corrected chi connectivity index (χ4v) is 4.52. The molecule has 1 heterocycles. The number of phenolic OH excluding ortho intramolecular Hbond substituents is 1. The van der Waals surface area contributed by atoms with E-state index in [0.29, 0.717) is 17.4 Å². The Kier molecular flexibility index (Phi) is 8.08. The molecule has 0 unspecified atom stereocenters. The maximum absolute atomic E-state index is 12.6. The molecule has 4 aromatic rings. The number of benzene rings is 3. The zero-order valence-corrected chi connectivity index (χ0v) is 22.3. The van der Waals surface area contributed by atoms with Crippen molar-refractivity contribution >= 4 is 23.4 Å². The Bertz CT molecular complexity index is 1370. The summed E-state index contributed by atoms with van der Waals surface area (Å²) < 4.78 is 1.97. The first-order valence-corrected chi connectivity index (χ1v) is 13.1. The topological polar surface area (TPSA) is 92.4 Å². The zero-order chi connectivity index (χ0) is 26.4. The van der Waals surface area contributed by atoms with Crippen molar-refractivity contribution in [1.29, 1.82) is 0 Å². The Morgan fingerprint density at radius 3 is 2.27 bits per heavy atom. The van der Waals surface area contributed by atoms with Gasteiger partial charge in [-0.2, -0.15) is 5.10 Å². The van der Waals surface area contributed by atoms with Crippen molar-refractivity contribution in [2.75, 3.05) is 5.75 Å². The molecule has 7 nitrogen and oxygen atoms in total. The highest BCUT2D eigenvalue weighted by atomic mass is 32.2. The molecular formula is C29H31N5O2S. The number of phenols is 1. The molecule has 0 spiro atoms. The van der Waals surface area contributed by atoms with E-state index in [9.17, 15) is 9.90 Å². The van der Waals surface area contributed by atoms with Crippen LogP contribution in [-0.2, 0) is 10.2 Å². The molecule has 0 aliphatic rings. The normalized spacial score (nSPS) is 11.9. The van der Waals surface area contributed by atoms with Gasteiger partial charge in [-0.15, -0.1) is 10.2 Å². The summed E-state index contributed by atoms with van der Waals surface area (Å²) in [4.78, 5) is 12.6. The van der Waals surface area contributed by atoms with E-state index in [1.165, 1.54) is 17.3 Å². The van der Waals surface area contributed by atoms with Crippen molar-refractivity contribution in [3.8, 4) is 22.8 Å². The average Bonchev–Trinajstić information content (AvgIpc) is 3.33. The first-order chi connectivity index (χ1) is 17.8. The standard InChI is InChI=1S/C29H31N5O2S/c1-5-25(20-13-17-24(35)18-14-20)30-31-26(36)19-37-28-33-32-27(34(28)23-9-7-6-8-10-23)21-11-15-22(16-12-21)29(2,3)4/h6-18,35H,5,19H2,1-4H3,(H,31,36)/b30-25-. The first-order valence-electron chi connectivity index (χ1n) is 12.2. The number of nitrogens with zero attached hydrogens (tertiary/aromatic N) is 4. The minimum absolute atomic E-state index is 0.0580. The number of rotatable bonds is 8. The number of hydrazone groups is 1. The molecule has 0 saturated heterocycles. The van der Waals surface area contributed by atoms with Crippen molar-refractivity contribution in [1.82, 2.24) is 20.2 Å². The van der Waals surface area contributed by atoms with Gasteiger partial charge < -0.3 is 5.11 Å². The lowest BCUT2D eigenvalue weighted by molar-refractivity contribution is -0.118. The molecular weight excluding hydrogens is 482 g/mol. The van der Waals surface area contributed by atoms with Crippen LogP contribution < -0.4 is 5.43 Å². The van der Waals surface area contributed by atoms with Gasteiger partial charge in [-0.25, -0.2) is 5.43 Å².